The molecule has 0 amide bonds. The summed E-state index contributed by atoms with van der Waals surface area (Å²) in [6.07, 6.45) is 4.42. The second kappa shape index (κ2) is 7.93. The van der Waals surface area contributed by atoms with Crippen molar-refractivity contribution >= 4 is 15.8 Å². The lowest BCUT2D eigenvalue weighted by molar-refractivity contribution is 0.182. The molecule has 3 aromatic rings. The summed E-state index contributed by atoms with van der Waals surface area (Å²) in [5.41, 5.74) is 0.601. The van der Waals surface area contributed by atoms with Crippen LogP contribution < -0.4 is 4.72 Å². The van der Waals surface area contributed by atoms with E-state index in [0.29, 0.717) is 29.6 Å². The van der Waals surface area contributed by atoms with Gasteiger partial charge in [0.1, 0.15) is 23.9 Å². The number of hydrogen-bond acceptors (Lipinski definition) is 9. The van der Waals surface area contributed by atoms with E-state index >= 15 is 0 Å². The van der Waals surface area contributed by atoms with Gasteiger partial charge in [0.05, 0.1) is 18.8 Å². The van der Waals surface area contributed by atoms with E-state index in [2.05, 4.69) is 24.7 Å². The van der Waals surface area contributed by atoms with Crippen molar-refractivity contribution in [2.24, 2.45) is 0 Å². The molecule has 0 saturated carbocycles. The number of likely N-dealkylation sites (tertiary alicyclic amines) is 1. The maximum absolute atomic E-state index is 11.4. The first kappa shape index (κ1) is 19.6. The van der Waals surface area contributed by atoms with Crippen LogP contribution in [0.1, 0.15) is 36.3 Å². The zero-order valence-corrected chi connectivity index (χ0v) is 16.6. The van der Waals surface area contributed by atoms with E-state index in [-0.39, 0.29) is 18.5 Å². The summed E-state index contributed by atoms with van der Waals surface area (Å²) in [6, 6.07) is 6.83. The number of aliphatic hydroxyl groups is 1. The van der Waals surface area contributed by atoms with Gasteiger partial charge in [0.2, 0.25) is 21.7 Å². The van der Waals surface area contributed by atoms with E-state index in [0.717, 1.165) is 31.4 Å². The molecule has 1 atom stereocenters. The average Bonchev–Trinajstić information content (AvgIpc) is 3.41. The molecule has 0 spiro atoms. The van der Waals surface area contributed by atoms with Crippen LogP contribution in [0.5, 0.6) is 0 Å². The van der Waals surface area contributed by atoms with Gasteiger partial charge in [-0.1, -0.05) is 5.16 Å². The Labute approximate surface area is 167 Å². The summed E-state index contributed by atoms with van der Waals surface area (Å²) in [7, 11) is -3.43. The van der Waals surface area contributed by atoms with Crippen molar-refractivity contribution in [3.63, 3.8) is 0 Å². The number of nitrogens with zero attached hydrogens (tertiary/aromatic N) is 4. The van der Waals surface area contributed by atoms with Crippen molar-refractivity contribution in [3.8, 4) is 11.4 Å². The van der Waals surface area contributed by atoms with Crippen LogP contribution in [-0.4, -0.2) is 46.3 Å². The Morgan fingerprint density at radius 3 is 2.90 bits per heavy atom. The first-order valence-corrected chi connectivity index (χ1v) is 11.0. The fourth-order valence-electron chi connectivity index (χ4n) is 3.39. The number of rotatable bonds is 7. The highest BCUT2D eigenvalue weighted by atomic mass is 32.2. The number of aliphatic hydroxyl groups excluding tert-OH is 1. The molecule has 3 aromatic heterocycles. The van der Waals surface area contributed by atoms with Crippen LogP contribution in [0, 0.1) is 0 Å². The largest absolute Gasteiger partial charge is 0.462 e. The van der Waals surface area contributed by atoms with Gasteiger partial charge >= 0.3 is 0 Å². The number of anilines is 1. The summed E-state index contributed by atoms with van der Waals surface area (Å²) < 4.78 is 36.2. The van der Waals surface area contributed by atoms with Crippen molar-refractivity contribution in [3.05, 3.63) is 47.9 Å². The van der Waals surface area contributed by atoms with E-state index < -0.39 is 10.0 Å². The first-order valence-electron chi connectivity index (χ1n) is 9.11. The minimum atomic E-state index is -3.43. The molecule has 0 aromatic carbocycles. The molecule has 2 N–H and O–H groups in total. The van der Waals surface area contributed by atoms with Crippen LogP contribution in [0.4, 0.5) is 5.82 Å². The highest BCUT2D eigenvalue weighted by Gasteiger charge is 2.31. The molecule has 0 radical (unpaired) electrons. The molecule has 29 heavy (non-hydrogen) atoms. The molecule has 0 bridgehead atoms. The smallest absolute Gasteiger partial charge is 0.244 e. The average molecular weight is 419 g/mol. The Balaban J connectivity index is 1.51. The highest BCUT2D eigenvalue weighted by Crippen LogP contribution is 2.33. The van der Waals surface area contributed by atoms with E-state index in [1.165, 1.54) is 6.20 Å². The predicted molar refractivity (Wildman–Crippen MR) is 103 cm³/mol. The Bertz CT molecular complexity index is 1090. The molecule has 0 aliphatic carbocycles. The minimum absolute atomic E-state index is 0.0330. The van der Waals surface area contributed by atoms with Crippen LogP contribution in [-0.2, 0) is 23.2 Å². The molecule has 154 valence electrons. The third kappa shape index (κ3) is 4.63. The number of aromatic nitrogens is 3. The third-order valence-electron chi connectivity index (χ3n) is 4.63. The molecule has 10 nitrogen and oxygen atoms in total. The molecule has 4 heterocycles. The van der Waals surface area contributed by atoms with Gasteiger partial charge in [0.15, 0.2) is 0 Å². The van der Waals surface area contributed by atoms with Gasteiger partial charge in [0, 0.05) is 11.8 Å². The molecule has 1 saturated heterocycles. The molecular formula is C18H21N5O5S. The van der Waals surface area contributed by atoms with Crippen LogP contribution in [0.2, 0.25) is 0 Å². The van der Waals surface area contributed by atoms with Crippen molar-refractivity contribution in [2.75, 3.05) is 17.5 Å². The summed E-state index contributed by atoms with van der Waals surface area (Å²) in [5, 5.41) is 13.2. The van der Waals surface area contributed by atoms with E-state index in [1.807, 2.05) is 6.07 Å². The molecular weight excluding hydrogens is 398 g/mol. The Hall–Kier alpha value is -2.76. The van der Waals surface area contributed by atoms with Gasteiger partial charge in [-0.15, -0.1) is 0 Å². The molecule has 1 fully saturated rings. The van der Waals surface area contributed by atoms with Gasteiger partial charge < -0.3 is 14.0 Å². The summed E-state index contributed by atoms with van der Waals surface area (Å²) in [6.45, 7) is 1.33. The third-order valence-corrected chi connectivity index (χ3v) is 5.21. The Morgan fingerprint density at radius 2 is 2.14 bits per heavy atom. The molecule has 11 heteroatoms. The van der Waals surface area contributed by atoms with Crippen LogP contribution in [0.15, 0.2) is 39.4 Å². The monoisotopic (exact) mass is 419 g/mol. The number of nitrogens with one attached hydrogen (secondary N) is 1. The van der Waals surface area contributed by atoms with Crippen LogP contribution in [0.25, 0.3) is 11.4 Å². The maximum atomic E-state index is 11.4. The fraction of sp³-hybridized carbons (Fsp3) is 0.389. The SMILES string of the molecule is CS(=O)(=O)Nc1cc(-c2noc(C3CCCN3Cc3ccc(CO)o3)n2)ccn1. The first-order chi connectivity index (χ1) is 13.9. The van der Waals surface area contributed by atoms with E-state index in [9.17, 15) is 8.42 Å². The summed E-state index contributed by atoms with van der Waals surface area (Å²) in [5.74, 6) is 2.36. The minimum Gasteiger partial charge on any atom is -0.462 e. The van der Waals surface area contributed by atoms with E-state index in [4.69, 9.17) is 14.0 Å². The van der Waals surface area contributed by atoms with E-state index in [1.54, 1.807) is 18.2 Å². The highest BCUT2D eigenvalue weighted by molar-refractivity contribution is 7.92. The van der Waals surface area contributed by atoms with Crippen molar-refractivity contribution in [1.82, 2.24) is 20.0 Å². The second-order valence-electron chi connectivity index (χ2n) is 6.91. The van der Waals surface area contributed by atoms with Crippen molar-refractivity contribution in [2.45, 2.75) is 32.0 Å². The van der Waals surface area contributed by atoms with Crippen LogP contribution >= 0.6 is 0 Å². The predicted octanol–water partition coefficient (Wildman–Crippen LogP) is 1.93. The molecule has 1 aliphatic rings. The lowest BCUT2D eigenvalue weighted by Crippen LogP contribution is -2.22. The summed E-state index contributed by atoms with van der Waals surface area (Å²) in [4.78, 5) is 10.7. The Morgan fingerprint density at radius 1 is 1.31 bits per heavy atom. The number of sulfonamides is 1. The lowest BCUT2D eigenvalue weighted by Gasteiger charge is -2.19. The topological polar surface area (TPSA) is 135 Å². The van der Waals surface area contributed by atoms with Crippen molar-refractivity contribution < 1.29 is 22.5 Å². The zero-order chi connectivity index (χ0) is 20.4. The molecule has 1 unspecified atom stereocenters. The number of hydrogen-bond donors (Lipinski definition) is 2. The van der Waals surface area contributed by atoms with Gasteiger partial charge in [0.25, 0.3) is 0 Å². The zero-order valence-electron chi connectivity index (χ0n) is 15.8. The molecule has 4 rings (SSSR count). The number of furan rings is 1. The lowest BCUT2D eigenvalue weighted by atomic mass is 10.2. The van der Waals surface area contributed by atoms with Crippen molar-refractivity contribution in [1.29, 1.82) is 0 Å². The number of pyridine rings is 1. The van der Waals surface area contributed by atoms with Gasteiger partial charge in [-0.05, 0) is 43.7 Å². The normalized spacial score (nSPS) is 17.7. The standard InChI is InChI=1S/C18H21N5O5S/c1-29(25,26)22-16-9-12(6-7-19-16)17-20-18(28-21-17)15-3-2-8-23(15)10-13-4-5-14(11-24)27-13/h4-7,9,15,24H,2-3,8,10-11H2,1H3,(H,19,22). The quantitative estimate of drug-likeness (QED) is 0.589. The van der Waals surface area contributed by atoms with Gasteiger partial charge in [-0.2, -0.15) is 4.98 Å². The van der Waals surface area contributed by atoms with Crippen LogP contribution in [0.3, 0.4) is 0 Å². The second-order valence-corrected chi connectivity index (χ2v) is 8.66. The van der Waals surface area contributed by atoms with Gasteiger partial charge in [-0.3, -0.25) is 9.62 Å². The maximum Gasteiger partial charge on any atom is 0.244 e. The molecule has 1 aliphatic heterocycles. The summed E-state index contributed by atoms with van der Waals surface area (Å²) >= 11 is 0. The Kier molecular flexibility index (Phi) is 5.35. The van der Waals surface area contributed by atoms with Gasteiger partial charge in [-0.25, -0.2) is 13.4 Å². The fourth-order valence-corrected chi connectivity index (χ4v) is 3.88.